The second kappa shape index (κ2) is 10.2. The van der Waals surface area contributed by atoms with Crippen LogP contribution >= 0.6 is 0 Å². The Balaban J connectivity index is 1.36. The van der Waals surface area contributed by atoms with Gasteiger partial charge in [0.25, 0.3) is 0 Å². The predicted octanol–water partition coefficient (Wildman–Crippen LogP) is 5.84. The first-order chi connectivity index (χ1) is 15.5. The monoisotopic (exact) mass is 431 g/mol. The Bertz CT molecular complexity index is 1040. The van der Waals surface area contributed by atoms with Crippen molar-refractivity contribution in [2.45, 2.75) is 32.7 Å². The maximum Gasteiger partial charge on any atom is 0.217 e. The predicted molar refractivity (Wildman–Crippen MR) is 125 cm³/mol. The van der Waals surface area contributed by atoms with Crippen LogP contribution in [0.5, 0.6) is 23.0 Å². The highest BCUT2D eigenvalue weighted by Crippen LogP contribution is 2.32. The van der Waals surface area contributed by atoms with Gasteiger partial charge in [0.2, 0.25) is 5.91 Å². The molecule has 32 heavy (non-hydrogen) atoms. The summed E-state index contributed by atoms with van der Waals surface area (Å²) in [5.74, 6) is 3.80. The zero-order chi connectivity index (χ0) is 22.3. The summed E-state index contributed by atoms with van der Waals surface area (Å²) >= 11 is 0. The van der Waals surface area contributed by atoms with E-state index in [1.165, 1.54) is 19.8 Å². The molecule has 1 aliphatic rings. The molecular formula is C27H29NO4. The molecule has 5 heteroatoms. The van der Waals surface area contributed by atoms with Crippen LogP contribution in [0.1, 0.15) is 26.7 Å². The molecule has 0 radical (unpaired) electrons. The van der Waals surface area contributed by atoms with Gasteiger partial charge in [-0.05, 0) is 73.2 Å². The summed E-state index contributed by atoms with van der Waals surface area (Å²) in [7, 11) is 0. The number of ether oxygens (including phenoxy) is 3. The summed E-state index contributed by atoms with van der Waals surface area (Å²) in [6, 6.07) is 23.6. The van der Waals surface area contributed by atoms with Gasteiger partial charge in [-0.25, -0.2) is 0 Å². The molecule has 166 valence electrons. The third-order valence-electron chi connectivity index (χ3n) is 5.20. The molecule has 0 bridgehead atoms. The molecule has 1 aliphatic carbocycles. The van der Waals surface area contributed by atoms with Gasteiger partial charge >= 0.3 is 0 Å². The summed E-state index contributed by atoms with van der Waals surface area (Å²) < 4.78 is 17.7. The molecule has 0 heterocycles. The molecule has 0 aliphatic heterocycles. The highest BCUT2D eigenvalue weighted by molar-refractivity contribution is 5.73. The molecule has 1 fully saturated rings. The lowest BCUT2D eigenvalue weighted by atomic mass is 10.1. The van der Waals surface area contributed by atoms with Gasteiger partial charge in [-0.15, -0.1) is 0 Å². The van der Waals surface area contributed by atoms with Crippen LogP contribution in [0.4, 0.5) is 0 Å². The van der Waals surface area contributed by atoms with Crippen molar-refractivity contribution in [3.8, 4) is 34.1 Å². The first-order valence-corrected chi connectivity index (χ1v) is 11.1. The molecule has 0 spiro atoms. The van der Waals surface area contributed by atoms with Gasteiger partial charge in [0.15, 0.2) is 0 Å². The van der Waals surface area contributed by atoms with E-state index in [9.17, 15) is 4.79 Å². The van der Waals surface area contributed by atoms with Gasteiger partial charge in [0, 0.05) is 13.0 Å². The van der Waals surface area contributed by atoms with Crippen LogP contribution in [0.3, 0.4) is 0 Å². The highest BCUT2D eigenvalue weighted by atomic mass is 16.5. The van der Waals surface area contributed by atoms with Crippen molar-refractivity contribution in [3.63, 3.8) is 0 Å². The Morgan fingerprint density at radius 3 is 2.28 bits per heavy atom. The van der Waals surface area contributed by atoms with E-state index in [1.54, 1.807) is 0 Å². The Kier molecular flexibility index (Phi) is 6.95. The van der Waals surface area contributed by atoms with E-state index in [0.717, 1.165) is 46.6 Å². The zero-order valence-corrected chi connectivity index (χ0v) is 18.5. The average Bonchev–Trinajstić information content (AvgIpc) is 3.62. The summed E-state index contributed by atoms with van der Waals surface area (Å²) in [5, 5.41) is 2.82. The molecule has 1 saturated carbocycles. The molecule has 0 saturated heterocycles. The molecule has 4 rings (SSSR count). The Morgan fingerprint density at radius 1 is 0.875 bits per heavy atom. The number of rotatable bonds is 10. The minimum atomic E-state index is -0.0605. The average molecular weight is 432 g/mol. The standard InChI is InChI=1S/C27H29NO4/c1-19(28-20(2)29)17-30-25-6-3-5-23(15-25)22-11-13-24(14-12-22)32-27-8-4-7-26(16-27)31-18-21-9-10-21/h3-8,11-16,19,21H,9-10,17-18H2,1-2H3,(H,28,29). The van der Waals surface area contributed by atoms with Crippen LogP contribution in [0.25, 0.3) is 11.1 Å². The summed E-state index contributed by atoms with van der Waals surface area (Å²) in [4.78, 5) is 11.1. The summed E-state index contributed by atoms with van der Waals surface area (Å²) in [6.45, 7) is 4.62. The summed E-state index contributed by atoms with van der Waals surface area (Å²) in [5.41, 5.74) is 2.12. The van der Waals surface area contributed by atoms with Crippen molar-refractivity contribution >= 4 is 5.91 Å². The fraction of sp³-hybridized carbons (Fsp3) is 0.296. The second-order valence-electron chi connectivity index (χ2n) is 8.30. The lowest BCUT2D eigenvalue weighted by Gasteiger charge is -2.14. The fourth-order valence-electron chi connectivity index (χ4n) is 3.35. The maximum atomic E-state index is 11.1. The van der Waals surface area contributed by atoms with Crippen LogP contribution in [-0.2, 0) is 4.79 Å². The Labute approximate surface area is 189 Å². The van der Waals surface area contributed by atoms with E-state index < -0.39 is 0 Å². The van der Waals surface area contributed by atoms with E-state index in [2.05, 4.69) is 5.32 Å². The SMILES string of the molecule is CC(=O)NC(C)COc1cccc(-c2ccc(Oc3cccc(OCC4CC4)c3)cc2)c1. The smallest absolute Gasteiger partial charge is 0.217 e. The Morgan fingerprint density at radius 2 is 1.56 bits per heavy atom. The van der Waals surface area contributed by atoms with Gasteiger partial charge in [-0.1, -0.05) is 30.3 Å². The van der Waals surface area contributed by atoms with Crippen molar-refractivity contribution in [3.05, 3.63) is 72.8 Å². The Hall–Kier alpha value is -3.47. The lowest BCUT2D eigenvalue weighted by molar-refractivity contribution is -0.119. The molecule has 5 nitrogen and oxygen atoms in total. The van der Waals surface area contributed by atoms with Crippen molar-refractivity contribution in [2.75, 3.05) is 13.2 Å². The van der Waals surface area contributed by atoms with Crippen LogP contribution in [0, 0.1) is 5.92 Å². The summed E-state index contributed by atoms with van der Waals surface area (Å²) in [6.07, 6.45) is 2.54. The van der Waals surface area contributed by atoms with Crippen LogP contribution in [-0.4, -0.2) is 25.2 Å². The number of hydrogen-bond acceptors (Lipinski definition) is 4. The van der Waals surface area contributed by atoms with Crippen LogP contribution in [0.2, 0.25) is 0 Å². The molecule has 0 aromatic heterocycles. The number of benzene rings is 3. The van der Waals surface area contributed by atoms with E-state index >= 15 is 0 Å². The van der Waals surface area contributed by atoms with Crippen LogP contribution < -0.4 is 19.5 Å². The number of amides is 1. The number of carbonyl (C=O) groups excluding carboxylic acids is 1. The molecule has 1 amide bonds. The number of nitrogens with one attached hydrogen (secondary N) is 1. The molecule has 3 aromatic carbocycles. The van der Waals surface area contributed by atoms with Crippen molar-refractivity contribution in [2.24, 2.45) is 5.92 Å². The van der Waals surface area contributed by atoms with E-state index in [1.807, 2.05) is 79.7 Å². The largest absolute Gasteiger partial charge is 0.493 e. The first-order valence-electron chi connectivity index (χ1n) is 11.1. The van der Waals surface area contributed by atoms with E-state index in [-0.39, 0.29) is 11.9 Å². The lowest BCUT2D eigenvalue weighted by Crippen LogP contribution is -2.35. The van der Waals surface area contributed by atoms with Gasteiger partial charge in [-0.3, -0.25) is 4.79 Å². The van der Waals surface area contributed by atoms with Gasteiger partial charge < -0.3 is 19.5 Å². The normalized spacial score (nSPS) is 13.8. The molecule has 1 N–H and O–H groups in total. The quantitative estimate of drug-likeness (QED) is 0.438. The minimum Gasteiger partial charge on any atom is -0.493 e. The third kappa shape index (κ3) is 6.51. The highest BCUT2D eigenvalue weighted by Gasteiger charge is 2.21. The van der Waals surface area contributed by atoms with Gasteiger partial charge in [0.1, 0.15) is 29.6 Å². The van der Waals surface area contributed by atoms with Crippen molar-refractivity contribution in [1.29, 1.82) is 0 Å². The molecule has 1 unspecified atom stereocenters. The molecule has 3 aromatic rings. The fourth-order valence-corrected chi connectivity index (χ4v) is 3.35. The second-order valence-corrected chi connectivity index (χ2v) is 8.30. The topological polar surface area (TPSA) is 56.8 Å². The zero-order valence-electron chi connectivity index (χ0n) is 18.5. The number of hydrogen-bond donors (Lipinski definition) is 1. The minimum absolute atomic E-state index is 0.0507. The van der Waals surface area contributed by atoms with Gasteiger partial charge in [-0.2, -0.15) is 0 Å². The first kappa shape index (κ1) is 21.8. The van der Waals surface area contributed by atoms with Crippen molar-refractivity contribution < 1.29 is 19.0 Å². The van der Waals surface area contributed by atoms with E-state index in [0.29, 0.717) is 6.61 Å². The van der Waals surface area contributed by atoms with Crippen molar-refractivity contribution in [1.82, 2.24) is 5.32 Å². The van der Waals surface area contributed by atoms with E-state index in [4.69, 9.17) is 14.2 Å². The molecule has 1 atom stereocenters. The molecular weight excluding hydrogens is 402 g/mol. The van der Waals surface area contributed by atoms with Crippen LogP contribution in [0.15, 0.2) is 72.8 Å². The number of carbonyl (C=O) groups is 1. The maximum absolute atomic E-state index is 11.1. The third-order valence-corrected chi connectivity index (χ3v) is 5.20. The van der Waals surface area contributed by atoms with Gasteiger partial charge in [0.05, 0.1) is 12.6 Å².